The number of carbonyl (C=O) groups is 2. The molecule has 1 fully saturated rings. The van der Waals surface area contributed by atoms with Gasteiger partial charge >= 0.3 is 0 Å². The van der Waals surface area contributed by atoms with Crippen molar-refractivity contribution in [3.8, 4) is 0 Å². The van der Waals surface area contributed by atoms with Gasteiger partial charge in [-0.05, 0) is 42.7 Å². The molecular formula is C17H23N3O2. The molecule has 0 spiro atoms. The quantitative estimate of drug-likeness (QED) is 0.856. The fraction of sp³-hybridized carbons (Fsp3) is 0.529. The van der Waals surface area contributed by atoms with Crippen LogP contribution in [0.2, 0.25) is 0 Å². The minimum atomic E-state index is -0.835. The summed E-state index contributed by atoms with van der Waals surface area (Å²) in [6.07, 6.45) is 3.40. The van der Waals surface area contributed by atoms with Crippen molar-refractivity contribution in [2.45, 2.75) is 37.6 Å². The van der Waals surface area contributed by atoms with E-state index in [0.717, 1.165) is 19.4 Å². The molecule has 1 aromatic rings. The van der Waals surface area contributed by atoms with Crippen LogP contribution in [0.5, 0.6) is 0 Å². The van der Waals surface area contributed by atoms with Crippen LogP contribution in [-0.2, 0) is 22.4 Å². The third-order valence-corrected chi connectivity index (χ3v) is 4.85. The van der Waals surface area contributed by atoms with E-state index in [0.29, 0.717) is 25.8 Å². The highest BCUT2D eigenvalue weighted by Crippen LogP contribution is 2.31. The molecule has 5 nitrogen and oxygen atoms in total. The van der Waals surface area contributed by atoms with Gasteiger partial charge in [0.2, 0.25) is 11.8 Å². The van der Waals surface area contributed by atoms with Crippen molar-refractivity contribution in [2.24, 2.45) is 17.4 Å². The SMILES string of the molecule is NC(=O)C[C@@H]1CCCN(C(=O)C2(N)Cc3ccccc3C2)C1. The molecular weight excluding hydrogens is 278 g/mol. The molecule has 0 aromatic heterocycles. The van der Waals surface area contributed by atoms with E-state index in [2.05, 4.69) is 0 Å². The standard InChI is InChI=1S/C17H23N3O2/c18-15(21)8-12-4-3-7-20(11-12)16(22)17(19)9-13-5-1-2-6-14(13)10-17/h1-2,5-6,12H,3-4,7-11,19H2,(H2,18,21)/t12-/m0/s1. The lowest BCUT2D eigenvalue weighted by Gasteiger charge is -2.37. The van der Waals surface area contributed by atoms with E-state index >= 15 is 0 Å². The molecule has 22 heavy (non-hydrogen) atoms. The first-order valence-electron chi connectivity index (χ1n) is 7.91. The molecule has 0 radical (unpaired) electrons. The van der Waals surface area contributed by atoms with Crippen molar-refractivity contribution >= 4 is 11.8 Å². The van der Waals surface area contributed by atoms with Gasteiger partial charge in [-0.2, -0.15) is 0 Å². The second-order valence-electron chi connectivity index (χ2n) is 6.71. The fourth-order valence-corrected chi connectivity index (χ4v) is 3.81. The predicted octanol–water partition coefficient (Wildman–Crippen LogP) is 0.597. The van der Waals surface area contributed by atoms with E-state index in [1.807, 2.05) is 29.2 Å². The number of amides is 2. The van der Waals surface area contributed by atoms with Crippen LogP contribution in [0.3, 0.4) is 0 Å². The monoisotopic (exact) mass is 301 g/mol. The molecule has 0 bridgehead atoms. The van der Waals surface area contributed by atoms with Crippen LogP contribution in [0.1, 0.15) is 30.4 Å². The van der Waals surface area contributed by atoms with Gasteiger partial charge in [0.1, 0.15) is 5.54 Å². The molecule has 3 rings (SSSR count). The summed E-state index contributed by atoms with van der Waals surface area (Å²) in [5, 5.41) is 0. The Balaban J connectivity index is 1.70. The van der Waals surface area contributed by atoms with Crippen LogP contribution >= 0.6 is 0 Å². The van der Waals surface area contributed by atoms with Crippen LogP contribution in [0.15, 0.2) is 24.3 Å². The number of hydrogen-bond donors (Lipinski definition) is 2. The van der Waals surface area contributed by atoms with Crippen LogP contribution in [0.25, 0.3) is 0 Å². The second kappa shape index (κ2) is 5.72. The average Bonchev–Trinajstić information content (AvgIpc) is 2.83. The Hall–Kier alpha value is -1.88. The fourth-order valence-electron chi connectivity index (χ4n) is 3.81. The zero-order valence-corrected chi connectivity index (χ0v) is 12.8. The molecule has 0 saturated carbocycles. The third-order valence-electron chi connectivity index (χ3n) is 4.85. The molecule has 1 aromatic carbocycles. The van der Waals surface area contributed by atoms with Gasteiger partial charge in [0.25, 0.3) is 0 Å². The minimum absolute atomic E-state index is 0.0119. The first kappa shape index (κ1) is 15.0. The van der Waals surface area contributed by atoms with Gasteiger partial charge in [-0.15, -0.1) is 0 Å². The first-order valence-corrected chi connectivity index (χ1v) is 7.91. The van der Waals surface area contributed by atoms with Gasteiger partial charge in [0.15, 0.2) is 0 Å². The number of hydrogen-bond acceptors (Lipinski definition) is 3. The van der Waals surface area contributed by atoms with Crippen molar-refractivity contribution < 1.29 is 9.59 Å². The molecule has 2 amide bonds. The van der Waals surface area contributed by atoms with Crippen LogP contribution in [-0.4, -0.2) is 35.3 Å². The summed E-state index contributed by atoms with van der Waals surface area (Å²) in [6, 6.07) is 8.06. The number of nitrogens with two attached hydrogens (primary N) is 2. The van der Waals surface area contributed by atoms with Crippen molar-refractivity contribution in [1.29, 1.82) is 0 Å². The average molecular weight is 301 g/mol. The molecule has 1 aliphatic heterocycles. The van der Waals surface area contributed by atoms with E-state index in [1.165, 1.54) is 11.1 Å². The first-order chi connectivity index (χ1) is 10.5. The maximum absolute atomic E-state index is 12.9. The Bertz CT molecular complexity index is 574. The smallest absolute Gasteiger partial charge is 0.243 e. The zero-order valence-electron chi connectivity index (χ0n) is 12.8. The molecule has 1 heterocycles. The molecule has 0 unspecified atom stereocenters. The highest BCUT2D eigenvalue weighted by molar-refractivity contribution is 5.88. The number of fused-ring (bicyclic) bond motifs is 1. The molecule has 4 N–H and O–H groups in total. The number of nitrogens with zero attached hydrogens (tertiary/aromatic N) is 1. The topological polar surface area (TPSA) is 89.4 Å². The molecule has 5 heteroatoms. The summed E-state index contributed by atoms with van der Waals surface area (Å²) < 4.78 is 0. The Kier molecular flexibility index (Phi) is 3.91. The summed E-state index contributed by atoms with van der Waals surface area (Å²) in [5.41, 5.74) is 13.2. The van der Waals surface area contributed by atoms with Crippen molar-refractivity contribution in [1.82, 2.24) is 4.90 Å². The molecule has 2 aliphatic rings. The number of likely N-dealkylation sites (tertiary alicyclic amines) is 1. The zero-order chi connectivity index (χ0) is 15.7. The van der Waals surface area contributed by atoms with Crippen molar-refractivity contribution in [3.05, 3.63) is 35.4 Å². The summed E-state index contributed by atoms with van der Waals surface area (Å²) in [7, 11) is 0. The highest BCUT2D eigenvalue weighted by Gasteiger charge is 2.43. The Morgan fingerprint density at radius 2 is 1.86 bits per heavy atom. The maximum Gasteiger partial charge on any atom is 0.243 e. The normalized spacial score (nSPS) is 23.1. The lowest BCUT2D eigenvalue weighted by molar-refractivity contribution is -0.139. The molecule has 1 saturated heterocycles. The van der Waals surface area contributed by atoms with Crippen LogP contribution < -0.4 is 11.5 Å². The summed E-state index contributed by atoms with van der Waals surface area (Å²) >= 11 is 0. The number of rotatable bonds is 3. The van der Waals surface area contributed by atoms with Gasteiger partial charge in [0.05, 0.1) is 0 Å². The Labute approximate surface area is 130 Å². The van der Waals surface area contributed by atoms with Crippen LogP contribution in [0, 0.1) is 5.92 Å². The minimum Gasteiger partial charge on any atom is -0.370 e. The van der Waals surface area contributed by atoms with Crippen LogP contribution in [0.4, 0.5) is 0 Å². The highest BCUT2D eigenvalue weighted by atomic mass is 16.2. The van der Waals surface area contributed by atoms with Gasteiger partial charge in [-0.3, -0.25) is 9.59 Å². The van der Waals surface area contributed by atoms with Crippen molar-refractivity contribution in [3.63, 3.8) is 0 Å². The van der Waals surface area contributed by atoms with Gasteiger partial charge in [-0.25, -0.2) is 0 Å². The third kappa shape index (κ3) is 2.86. The maximum atomic E-state index is 12.9. The lowest BCUT2D eigenvalue weighted by Crippen LogP contribution is -2.58. The van der Waals surface area contributed by atoms with Gasteiger partial charge in [0, 0.05) is 19.5 Å². The second-order valence-corrected chi connectivity index (χ2v) is 6.71. The summed E-state index contributed by atoms with van der Waals surface area (Å²) in [4.78, 5) is 25.8. The largest absolute Gasteiger partial charge is 0.370 e. The molecule has 1 aliphatic carbocycles. The van der Waals surface area contributed by atoms with E-state index in [9.17, 15) is 9.59 Å². The Morgan fingerprint density at radius 3 is 2.45 bits per heavy atom. The molecule has 1 atom stereocenters. The van der Waals surface area contributed by atoms with Crippen molar-refractivity contribution in [2.75, 3.05) is 13.1 Å². The van der Waals surface area contributed by atoms with E-state index in [1.54, 1.807) is 0 Å². The predicted molar refractivity (Wildman–Crippen MR) is 83.9 cm³/mol. The van der Waals surface area contributed by atoms with Gasteiger partial charge < -0.3 is 16.4 Å². The molecule has 118 valence electrons. The number of piperidine rings is 1. The van der Waals surface area contributed by atoms with E-state index in [-0.39, 0.29) is 17.7 Å². The lowest BCUT2D eigenvalue weighted by atomic mass is 9.90. The van der Waals surface area contributed by atoms with E-state index in [4.69, 9.17) is 11.5 Å². The van der Waals surface area contributed by atoms with Gasteiger partial charge in [-0.1, -0.05) is 24.3 Å². The summed E-state index contributed by atoms with van der Waals surface area (Å²) in [6.45, 7) is 1.32. The number of benzene rings is 1. The Morgan fingerprint density at radius 1 is 1.23 bits per heavy atom. The van der Waals surface area contributed by atoms with E-state index < -0.39 is 5.54 Å². The number of carbonyl (C=O) groups excluding carboxylic acids is 2. The summed E-state index contributed by atoms with van der Waals surface area (Å²) in [5.74, 6) is -0.115. The number of primary amides is 1.